The third-order valence-electron chi connectivity index (χ3n) is 3.48. The van der Waals surface area contributed by atoms with Crippen molar-refractivity contribution in [3.63, 3.8) is 0 Å². The predicted molar refractivity (Wildman–Crippen MR) is 78.0 cm³/mol. The molecule has 0 amide bonds. The van der Waals surface area contributed by atoms with E-state index in [1.807, 2.05) is 13.8 Å². The molecule has 3 nitrogen and oxygen atoms in total. The average molecular weight is 263 g/mol. The molecule has 19 heavy (non-hydrogen) atoms. The second-order valence-electron chi connectivity index (χ2n) is 5.57. The van der Waals surface area contributed by atoms with Gasteiger partial charge in [0.1, 0.15) is 0 Å². The molecular weight excluding hydrogens is 238 g/mol. The molecule has 1 N–H and O–H groups in total. The smallest absolute Gasteiger partial charge is 0.312 e. The molecule has 106 valence electrons. The Morgan fingerprint density at radius 2 is 1.89 bits per heavy atom. The molecule has 1 aromatic carbocycles. The van der Waals surface area contributed by atoms with E-state index in [2.05, 4.69) is 43.4 Å². The van der Waals surface area contributed by atoms with E-state index in [4.69, 9.17) is 4.74 Å². The first-order chi connectivity index (χ1) is 8.90. The van der Waals surface area contributed by atoms with Crippen molar-refractivity contribution in [2.24, 2.45) is 5.41 Å². The van der Waals surface area contributed by atoms with E-state index < -0.39 is 5.41 Å². The molecule has 1 aromatic rings. The number of carbonyl (C=O) groups is 1. The van der Waals surface area contributed by atoms with Crippen LogP contribution in [0.25, 0.3) is 0 Å². The Labute approximate surface area is 116 Å². The normalized spacial score (nSPS) is 13.1. The van der Waals surface area contributed by atoms with E-state index >= 15 is 0 Å². The SMILES string of the molecule is CCc1ccc(C(C)NCC(C)(C)C(=O)OC)cc1. The molecule has 0 saturated carbocycles. The molecule has 0 aliphatic carbocycles. The molecule has 0 aliphatic heterocycles. The highest BCUT2D eigenvalue weighted by atomic mass is 16.5. The summed E-state index contributed by atoms with van der Waals surface area (Å²) in [5, 5.41) is 3.39. The van der Waals surface area contributed by atoms with Crippen molar-refractivity contribution in [2.45, 2.75) is 40.2 Å². The van der Waals surface area contributed by atoms with Crippen LogP contribution in [0.2, 0.25) is 0 Å². The summed E-state index contributed by atoms with van der Waals surface area (Å²) in [6, 6.07) is 8.80. The van der Waals surface area contributed by atoms with Gasteiger partial charge in [-0.3, -0.25) is 4.79 Å². The number of hydrogen-bond donors (Lipinski definition) is 1. The second kappa shape index (κ2) is 6.71. The molecule has 0 bridgehead atoms. The molecule has 1 unspecified atom stereocenters. The highest BCUT2D eigenvalue weighted by Gasteiger charge is 2.28. The van der Waals surface area contributed by atoms with Gasteiger partial charge < -0.3 is 10.1 Å². The fourth-order valence-corrected chi connectivity index (χ4v) is 1.92. The number of hydrogen-bond acceptors (Lipinski definition) is 3. The van der Waals surface area contributed by atoms with Gasteiger partial charge in [0, 0.05) is 12.6 Å². The van der Waals surface area contributed by atoms with Gasteiger partial charge >= 0.3 is 5.97 Å². The molecule has 0 saturated heterocycles. The lowest BCUT2D eigenvalue weighted by Crippen LogP contribution is -2.37. The molecular formula is C16H25NO2. The lowest BCUT2D eigenvalue weighted by Gasteiger charge is -2.24. The zero-order chi connectivity index (χ0) is 14.5. The predicted octanol–water partition coefficient (Wildman–Crippen LogP) is 3.10. The van der Waals surface area contributed by atoms with Gasteiger partial charge in [0.25, 0.3) is 0 Å². The molecule has 3 heteroatoms. The lowest BCUT2D eigenvalue weighted by atomic mass is 9.93. The highest BCUT2D eigenvalue weighted by Crippen LogP contribution is 2.19. The van der Waals surface area contributed by atoms with E-state index in [0.29, 0.717) is 6.54 Å². The van der Waals surface area contributed by atoms with Crippen LogP contribution in [-0.4, -0.2) is 19.6 Å². The summed E-state index contributed by atoms with van der Waals surface area (Å²) < 4.78 is 4.80. The van der Waals surface area contributed by atoms with E-state index in [1.165, 1.54) is 18.2 Å². The summed E-state index contributed by atoms with van der Waals surface area (Å²) in [5.41, 5.74) is 2.07. The summed E-state index contributed by atoms with van der Waals surface area (Å²) in [5.74, 6) is -0.187. The maximum absolute atomic E-state index is 11.6. The Kier molecular flexibility index (Phi) is 5.55. The lowest BCUT2D eigenvalue weighted by molar-refractivity contribution is -0.150. The van der Waals surface area contributed by atoms with E-state index in [1.54, 1.807) is 0 Å². The van der Waals surface area contributed by atoms with Gasteiger partial charge in [-0.25, -0.2) is 0 Å². The Balaban J connectivity index is 2.59. The molecule has 0 heterocycles. The topological polar surface area (TPSA) is 38.3 Å². The van der Waals surface area contributed by atoms with Gasteiger partial charge in [0.15, 0.2) is 0 Å². The number of rotatable bonds is 6. The fourth-order valence-electron chi connectivity index (χ4n) is 1.92. The van der Waals surface area contributed by atoms with Crippen molar-refractivity contribution in [3.8, 4) is 0 Å². The Bertz CT molecular complexity index is 409. The van der Waals surface area contributed by atoms with Crippen molar-refractivity contribution in [1.29, 1.82) is 0 Å². The number of aryl methyl sites for hydroxylation is 1. The Morgan fingerprint density at radius 1 is 1.32 bits per heavy atom. The van der Waals surface area contributed by atoms with Crippen LogP contribution in [-0.2, 0) is 16.0 Å². The third kappa shape index (κ3) is 4.35. The van der Waals surface area contributed by atoms with Crippen LogP contribution >= 0.6 is 0 Å². The van der Waals surface area contributed by atoms with Crippen LogP contribution in [0.15, 0.2) is 24.3 Å². The minimum atomic E-state index is -0.508. The Hall–Kier alpha value is -1.35. The fraction of sp³-hybridized carbons (Fsp3) is 0.562. The zero-order valence-electron chi connectivity index (χ0n) is 12.6. The monoisotopic (exact) mass is 263 g/mol. The number of ether oxygens (including phenoxy) is 1. The van der Waals surface area contributed by atoms with Crippen LogP contribution in [0.3, 0.4) is 0 Å². The first kappa shape index (κ1) is 15.7. The summed E-state index contributed by atoms with van der Waals surface area (Å²) in [7, 11) is 1.43. The maximum atomic E-state index is 11.6. The molecule has 1 rings (SSSR count). The molecule has 0 spiro atoms. The van der Waals surface area contributed by atoms with Crippen LogP contribution in [0, 0.1) is 5.41 Å². The quantitative estimate of drug-likeness (QED) is 0.801. The molecule has 0 fully saturated rings. The van der Waals surface area contributed by atoms with Gasteiger partial charge in [-0.2, -0.15) is 0 Å². The van der Waals surface area contributed by atoms with Crippen LogP contribution < -0.4 is 5.32 Å². The van der Waals surface area contributed by atoms with Gasteiger partial charge in [-0.05, 0) is 38.3 Å². The standard InChI is InChI=1S/C16H25NO2/c1-6-13-7-9-14(10-8-13)12(2)17-11-16(3,4)15(18)19-5/h7-10,12,17H,6,11H2,1-5H3. The van der Waals surface area contributed by atoms with Gasteiger partial charge in [0.2, 0.25) is 0 Å². The number of benzene rings is 1. The maximum Gasteiger partial charge on any atom is 0.312 e. The average Bonchev–Trinajstić information content (AvgIpc) is 2.43. The van der Waals surface area contributed by atoms with Gasteiger partial charge in [-0.1, -0.05) is 31.2 Å². The van der Waals surface area contributed by atoms with Crippen molar-refractivity contribution in [2.75, 3.05) is 13.7 Å². The Morgan fingerprint density at radius 3 is 2.37 bits per heavy atom. The van der Waals surface area contributed by atoms with Crippen molar-refractivity contribution >= 4 is 5.97 Å². The minimum Gasteiger partial charge on any atom is -0.469 e. The molecule has 1 atom stereocenters. The van der Waals surface area contributed by atoms with E-state index in [0.717, 1.165) is 6.42 Å². The summed E-state index contributed by atoms with van der Waals surface area (Å²) in [6.45, 7) is 8.62. The van der Waals surface area contributed by atoms with Crippen molar-refractivity contribution in [3.05, 3.63) is 35.4 Å². The van der Waals surface area contributed by atoms with E-state index in [9.17, 15) is 4.79 Å². The molecule has 0 aliphatic rings. The van der Waals surface area contributed by atoms with Crippen molar-refractivity contribution < 1.29 is 9.53 Å². The number of carbonyl (C=O) groups excluding carboxylic acids is 1. The highest BCUT2D eigenvalue weighted by molar-refractivity contribution is 5.76. The second-order valence-corrected chi connectivity index (χ2v) is 5.57. The molecule has 0 radical (unpaired) electrons. The largest absolute Gasteiger partial charge is 0.469 e. The summed E-state index contributed by atoms with van der Waals surface area (Å²) in [4.78, 5) is 11.6. The number of esters is 1. The van der Waals surface area contributed by atoms with Gasteiger partial charge in [0.05, 0.1) is 12.5 Å². The van der Waals surface area contributed by atoms with Crippen LogP contribution in [0.5, 0.6) is 0 Å². The summed E-state index contributed by atoms with van der Waals surface area (Å²) >= 11 is 0. The number of methoxy groups -OCH3 is 1. The van der Waals surface area contributed by atoms with Crippen LogP contribution in [0.1, 0.15) is 44.9 Å². The van der Waals surface area contributed by atoms with Crippen LogP contribution in [0.4, 0.5) is 0 Å². The third-order valence-corrected chi connectivity index (χ3v) is 3.48. The molecule has 0 aromatic heterocycles. The van der Waals surface area contributed by atoms with Crippen molar-refractivity contribution in [1.82, 2.24) is 5.32 Å². The van der Waals surface area contributed by atoms with E-state index in [-0.39, 0.29) is 12.0 Å². The number of nitrogens with one attached hydrogen (secondary N) is 1. The summed E-state index contributed by atoms with van der Waals surface area (Å²) in [6.07, 6.45) is 1.05. The van der Waals surface area contributed by atoms with Gasteiger partial charge in [-0.15, -0.1) is 0 Å². The first-order valence-corrected chi connectivity index (χ1v) is 6.81. The zero-order valence-corrected chi connectivity index (χ0v) is 12.6. The minimum absolute atomic E-state index is 0.187. The first-order valence-electron chi connectivity index (χ1n) is 6.81.